The van der Waals surface area contributed by atoms with E-state index < -0.39 is 12.0 Å². The van der Waals surface area contributed by atoms with Crippen molar-refractivity contribution >= 4 is 27.5 Å². The predicted molar refractivity (Wildman–Crippen MR) is 150 cm³/mol. The second-order valence-corrected chi connectivity index (χ2v) is 9.13. The molecular weight excluding hydrogens is 476 g/mol. The number of hydrogen-bond acceptors (Lipinski definition) is 5. The van der Waals surface area contributed by atoms with Gasteiger partial charge in [0.1, 0.15) is 0 Å². The van der Waals surface area contributed by atoms with Crippen molar-refractivity contribution in [2.45, 2.75) is 18.9 Å². The standard InChI is InChI=1S/C33H30O5/c1-21(24-19-29(35-2)32(37-4)30(20-24)36-3)33(34)38-31(27-17-9-13-22-11-5-7-15-25(22)27)28-18-10-14-23-12-6-8-16-26(23)28/h5-21,31H,1-4H3/t21-/m1/s1. The van der Waals surface area contributed by atoms with Crippen molar-refractivity contribution in [1.82, 2.24) is 0 Å². The Morgan fingerprint density at radius 1 is 0.632 bits per heavy atom. The Hall–Kier alpha value is -4.51. The van der Waals surface area contributed by atoms with E-state index in [1.165, 1.54) is 0 Å². The second-order valence-electron chi connectivity index (χ2n) is 9.13. The zero-order valence-corrected chi connectivity index (χ0v) is 21.9. The van der Waals surface area contributed by atoms with Crippen molar-refractivity contribution < 1.29 is 23.7 Å². The lowest BCUT2D eigenvalue weighted by atomic mass is 9.92. The number of carbonyl (C=O) groups excluding carboxylic acids is 1. The van der Waals surface area contributed by atoms with E-state index in [1.54, 1.807) is 33.5 Å². The van der Waals surface area contributed by atoms with Crippen molar-refractivity contribution in [3.8, 4) is 17.2 Å². The Labute approximate surface area is 222 Å². The number of ether oxygens (including phenoxy) is 4. The molecule has 0 aliphatic rings. The summed E-state index contributed by atoms with van der Waals surface area (Å²) in [5.41, 5.74) is 2.58. The lowest BCUT2D eigenvalue weighted by molar-refractivity contribution is -0.148. The highest BCUT2D eigenvalue weighted by Crippen LogP contribution is 2.41. The number of carbonyl (C=O) groups is 1. The molecule has 1 atom stereocenters. The summed E-state index contributed by atoms with van der Waals surface area (Å²) in [5, 5.41) is 4.26. The van der Waals surface area contributed by atoms with Crippen LogP contribution in [0.2, 0.25) is 0 Å². The highest BCUT2D eigenvalue weighted by atomic mass is 16.5. The van der Waals surface area contributed by atoms with Gasteiger partial charge in [0.2, 0.25) is 5.75 Å². The molecule has 0 saturated carbocycles. The third-order valence-electron chi connectivity index (χ3n) is 6.99. The molecule has 5 nitrogen and oxygen atoms in total. The van der Waals surface area contributed by atoms with Crippen LogP contribution in [0.4, 0.5) is 0 Å². The fourth-order valence-corrected chi connectivity index (χ4v) is 4.96. The molecule has 5 rings (SSSR count). The average molecular weight is 507 g/mol. The largest absolute Gasteiger partial charge is 0.493 e. The molecule has 0 amide bonds. The Morgan fingerprint density at radius 2 is 1.11 bits per heavy atom. The SMILES string of the molecule is COc1cc([C@@H](C)C(=O)OC(c2cccc3ccccc23)c2cccc3ccccc23)cc(OC)c1OC. The van der Waals surface area contributed by atoms with Gasteiger partial charge in [0.15, 0.2) is 17.6 Å². The van der Waals surface area contributed by atoms with Crippen molar-refractivity contribution in [2.24, 2.45) is 0 Å². The zero-order valence-electron chi connectivity index (χ0n) is 21.9. The maximum absolute atomic E-state index is 13.8. The highest BCUT2D eigenvalue weighted by molar-refractivity contribution is 5.90. The minimum atomic E-state index is -0.607. The molecule has 192 valence electrons. The molecule has 38 heavy (non-hydrogen) atoms. The fourth-order valence-electron chi connectivity index (χ4n) is 4.96. The fraction of sp³-hybridized carbons (Fsp3) is 0.182. The molecule has 0 saturated heterocycles. The molecule has 0 aliphatic carbocycles. The van der Waals surface area contributed by atoms with E-state index in [-0.39, 0.29) is 5.97 Å². The normalized spacial score (nSPS) is 11.9. The van der Waals surface area contributed by atoms with E-state index >= 15 is 0 Å². The summed E-state index contributed by atoms with van der Waals surface area (Å²) >= 11 is 0. The van der Waals surface area contributed by atoms with Crippen LogP contribution in [0.15, 0.2) is 97.1 Å². The molecule has 5 heteroatoms. The molecule has 0 aliphatic heterocycles. The number of rotatable bonds is 8. The van der Waals surface area contributed by atoms with Gasteiger partial charge in [0.05, 0.1) is 27.2 Å². The van der Waals surface area contributed by atoms with Gasteiger partial charge < -0.3 is 18.9 Å². The Morgan fingerprint density at radius 3 is 1.58 bits per heavy atom. The van der Waals surface area contributed by atoms with E-state index in [4.69, 9.17) is 18.9 Å². The Bertz CT molecular complexity index is 1490. The van der Waals surface area contributed by atoms with E-state index in [2.05, 4.69) is 36.4 Å². The molecule has 0 heterocycles. The average Bonchev–Trinajstić information content (AvgIpc) is 2.98. The van der Waals surface area contributed by atoms with Crippen molar-refractivity contribution in [3.63, 3.8) is 0 Å². The van der Waals surface area contributed by atoms with Gasteiger partial charge in [-0.3, -0.25) is 4.79 Å². The molecule has 0 spiro atoms. The molecular formula is C33H30O5. The third kappa shape index (κ3) is 4.63. The van der Waals surface area contributed by atoms with Crippen LogP contribution >= 0.6 is 0 Å². The van der Waals surface area contributed by atoms with Crippen LogP contribution in [0.3, 0.4) is 0 Å². The third-order valence-corrected chi connectivity index (χ3v) is 6.99. The van der Waals surface area contributed by atoms with Crippen LogP contribution in [-0.2, 0) is 9.53 Å². The van der Waals surface area contributed by atoms with Crippen molar-refractivity contribution in [1.29, 1.82) is 0 Å². The van der Waals surface area contributed by atoms with Crippen LogP contribution in [0.25, 0.3) is 21.5 Å². The van der Waals surface area contributed by atoms with E-state index in [0.717, 1.165) is 32.7 Å². The monoisotopic (exact) mass is 506 g/mol. The molecule has 0 bridgehead atoms. The summed E-state index contributed by atoms with van der Waals surface area (Å²) < 4.78 is 22.9. The number of hydrogen-bond donors (Lipinski definition) is 0. The topological polar surface area (TPSA) is 54.0 Å². The first-order valence-electron chi connectivity index (χ1n) is 12.5. The van der Waals surface area contributed by atoms with Gasteiger partial charge in [0, 0.05) is 11.1 Å². The summed E-state index contributed by atoms with van der Waals surface area (Å²) in [5.74, 6) is 0.507. The van der Waals surface area contributed by atoms with E-state index in [0.29, 0.717) is 22.8 Å². The first-order chi connectivity index (χ1) is 18.5. The molecule has 5 aromatic rings. The quantitative estimate of drug-likeness (QED) is 0.205. The number of benzene rings is 5. The number of esters is 1. The maximum atomic E-state index is 13.8. The van der Waals surface area contributed by atoms with Crippen LogP contribution < -0.4 is 14.2 Å². The smallest absolute Gasteiger partial charge is 0.314 e. The van der Waals surface area contributed by atoms with Crippen molar-refractivity contribution in [3.05, 3.63) is 114 Å². The minimum absolute atomic E-state index is 0.356. The molecule has 5 aromatic carbocycles. The van der Waals surface area contributed by atoms with Gasteiger partial charge in [-0.2, -0.15) is 0 Å². The minimum Gasteiger partial charge on any atom is -0.493 e. The van der Waals surface area contributed by atoms with Crippen LogP contribution in [0.1, 0.15) is 35.6 Å². The van der Waals surface area contributed by atoms with Crippen LogP contribution in [-0.4, -0.2) is 27.3 Å². The van der Waals surface area contributed by atoms with Gasteiger partial charge in [0.25, 0.3) is 0 Å². The van der Waals surface area contributed by atoms with Gasteiger partial charge in [-0.1, -0.05) is 84.9 Å². The lowest BCUT2D eigenvalue weighted by Crippen LogP contribution is -2.18. The van der Waals surface area contributed by atoms with Crippen LogP contribution in [0.5, 0.6) is 17.2 Å². The molecule has 0 aromatic heterocycles. The van der Waals surface area contributed by atoms with Gasteiger partial charge in [-0.05, 0) is 46.2 Å². The van der Waals surface area contributed by atoms with Gasteiger partial charge in [-0.25, -0.2) is 0 Å². The lowest BCUT2D eigenvalue weighted by Gasteiger charge is -2.24. The summed E-state index contributed by atoms with van der Waals surface area (Å²) in [6.07, 6.45) is -0.607. The predicted octanol–water partition coefficient (Wildman–Crippen LogP) is 7.46. The Balaban J connectivity index is 1.61. The first-order valence-corrected chi connectivity index (χ1v) is 12.5. The summed E-state index contributed by atoms with van der Waals surface area (Å²) in [7, 11) is 4.67. The summed E-state index contributed by atoms with van der Waals surface area (Å²) in [6.45, 7) is 1.83. The van der Waals surface area contributed by atoms with E-state index in [1.807, 2.05) is 55.5 Å². The molecule has 0 N–H and O–H groups in total. The molecule has 0 fully saturated rings. The zero-order chi connectivity index (χ0) is 26.6. The van der Waals surface area contributed by atoms with Crippen LogP contribution in [0, 0.1) is 0 Å². The highest BCUT2D eigenvalue weighted by Gasteiger charge is 2.28. The van der Waals surface area contributed by atoms with Gasteiger partial charge >= 0.3 is 5.97 Å². The molecule has 0 unspecified atom stereocenters. The van der Waals surface area contributed by atoms with Crippen molar-refractivity contribution in [2.75, 3.05) is 21.3 Å². The summed E-state index contributed by atoms with van der Waals surface area (Å²) in [6, 6.07) is 32.1. The maximum Gasteiger partial charge on any atom is 0.314 e. The number of methoxy groups -OCH3 is 3. The second kappa shape index (κ2) is 10.9. The first kappa shape index (κ1) is 25.2. The van der Waals surface area contributed by atoms with Gasteiger partial charge in [-0.15, -0.1) is 0 Å². The Kier molecular flexibility index (Phi) is 7.18. The molecule has 0 radical (unpaired) electrons. The number of fused-ring (bicyclic) bond motifs is 2. The van der Waals surface area contributed by atoms with E-state index in [9.17, 15) is 4.79 Å². The summed E-state index contributed by atoms with van der Waals surface area (Å²) in [4.78, 5) is 13.8.